The molecule has 84 valence electrons. The van der Waals surface area contributed by atoms with Crippen LogP contribution in [0.3, 0.4) is 0 Å². The van der Waals surface area contributed by atoms with Crippen molar-refractivity contribution in [2.24, 2.45) is 0 Å². The third-order valence-electron chi connectivity index (χ3n) is 2.22. The molecule has 1 N–H and O–H groups in total. The van der Waals surface area contributed by atoms with Gasteiger partial charge in [0.05, 0.1) is 6.54 Å². The summed E-state index contributed by atoms with van der Waals surface area (Å²) in [7, 11) is 1.90. The summed E-state index contributed by atoms with van der Waals surface area (Å²) < 4.78 is 0. The Morgan fingerprint density at radius 2 is 1.86 bits per heavy atom. The van der Waals surface area contributed by atoms with Gasteiger partial charge >= 0.3 is 0 Å². The monoisotopic (exact) mass is 202 g/mol. The highest BCUT2D eigenvalue weighted by Gasteiger charge is 2.11. The van der Waals surface area contributed by atoms with Crippen LogP contribution in [0.5, 0.6) is 0 Å². The van der Waals surface area contributed by atoms with Gasteiger partial charge in [-0.25, -0.2) is 0 Å². The summed E-state index contributed by atoms with van der Waals surface area (Å²) in [5, 5.41) is 8.63. The van der Waals surface area contributed by atoms with Gasteiger partial charge in [-0.05, 0) is 27.3 Å². The van der Waals surface area contributed by atoms with E-state index in [4.69, 9.17) is 5.11 Å². The number of rotatable bonds is 7. The van der Waals surface area contributed by atoms with E-state index in [1.165, 1.54) is 0 Å². The molecule has 4 nitrogen and oxygen atoms in total. The molecule has 0 atom stereocenters. The van der Waals surface area contributed by atoms with E-state index in [2.05, 4.69) is 0 Å². The maximum atomic E-state index is 11.6. The quantitative estimate of drug-likeness (QED) is 0.640. The molecule has 0 aromatic heterocycles. The fraction of sp³-hybridized carbons (Fsp3) is 0.900. The lowest BCUT2D eigenvalue weighted by Crippen LogP contribution is -2.39. The number of amides is 1. The van der Waals surface area contributed by atoms with Crippen molar-refractivity contribution in [3.63, 3.8) is 0 Å². The zero-order valence-corrected chi connectivity index (χ0v) is 9.49. The second kappa shape index (κ2) is 7.76. The maximum Gasteiger partial charge on any atom is 0.236 e. The molecule has 0 rings (SSSR count). The normalized spacial score (nSPS) is 10.6. The second-order valence-electron chi connectivity index (χ2n) is 3.38. The standard InChI is InChI=1S/C10H22N2O2/c1-4-12(5-2)10(14)9-11(3)7-6-8-13/h13H,4-9H2,1-3H3. The predicted molar refractivity (Wildman–Crippen MR) is 57.1 cm³/mol. The first-order valence-corrected chi connectivity index (χ1v) is 5.22. The van der Waals surface area contributed by atoms with Crippen LogP contribution in [0.2, 0.25) is 0 Å². The van der Waals surface area contributed by atoms with Gasteiger partial charge in [0.2, 0.25) is 5.91 Å². The molecule has 0 bridgehead atoms. The minimum atomic E-state index is 0.162. The summed E-state index contributed by atoms with van der Waals surface area (Å²) >= 11 is 0. The third kappa shape index (κ3) is 5.19. The molecule has 4 heteroatoms. The lowest BCUT2D eigenvalue weighted by atomic mass is 10.4. The molecule has 0 saturated heterocycles. The molecule has 0 aliphatic rings. The summed E-state index contributed by atoms with van der Waals surface area (Å²) in [4.78, 5) is 15.4. The average molecular weight is 202 g/mol. The molecule has 0 fully saturated rings. The highest BCUT2D eigenvalue weighted by molar-refractivity contribution is 5.78. The summed E-state index contributed by atoms with van der Waals surface area (Å²) in [5.41, 5.74) is 0. The van der Waals surface area contributed by atoms with Crippen molar-refractivity contribution in [2.45, 2.75) is 20.3 Å². The van der Waals surface area contributed by atoms with Crippen LogP contribution < -0.4 is 0 Å². The molecule has 0 aromatic carbocycles. The van der Waals surface area contributed by atoms with E-state index in [1.807, 2.05) is 30.7 Å². The zero-order valence-electron chi connectivity index (χ0n) is 9.49. The van der Waals surface area contributed by atoms with E-state index in [1.54, 1.807) is 0 Å². The predicted octanol–water partition coefficient (Wildman–Crippen LogP) is 0.169. The number of carbonyl (C=O) groups excluding carboxylic acids is 1. The SMILES string of the molecule is CCN(CC)C(=O)CN(C)CCCO. The van der Waals surface area contributed by atoms with Gasteiger partial charge in [0.1, 0.15) is 0 Å². The molecule has 14 heavy (non-hydrogen) atoms. The van der Waals surface area contributed by atoms with E-state index in [0.717, 1.165) is 26.1 Å². The largest absolute Gasteiger partial charge is 0.396 e. The second-order valence-corrected chi connectivity index (χ2v) is 3.38. The van der Waals surface area contributed by atoms with Crippen LogP contribution in [0.1, 0.15) is 20.3 Å². The number of aliphatic hydroxyl groups excluding tert-OH is 1. The van der Waals surface area contributed by atoms with E-state index in [9.17, 15) is 4.79 Å². The van der Waals surface area contributed by atoms with Gasteiger partial charge in [-0.15, -0.1) is 0 Å². The Morgan fingerprint density at radius 3 is 2.29 bits per heavy atom. The van der Waals surface area contributed by atoms with Gasteiger partial charge < -0.3 is 10.0 Å². The number of aliphatic hydroxyl groups is 1. The van der Waals surface area contributed by atoms with Crippen LogP contribution in [0.4, 0.5) is 0 Å². The minimum absolute atomic E-state index is 0.162. The van der Waals surface area contributed by atoms with E-state index >= 15 is 0 Å². The van der Waals surface area contributed by atoms with Crippen LogP contribution >= 0.6 is 0 Å². The molecule has 1 amide bonds. The molecule has 0 aliphatic heterocycles. The first-order chi connectivity index (χ1) is 6.65. The molecular formula is C10H22N2O2. The fourth-order valence-electron chi connectivity index (χ4n) is 1.33. The summed E-state index contributed by atoms with van der Waals surface area (Å²) in [6.07, 6.45) is 0.724. The van der Waals surface area contributed by atoms with Gasteiger partial charge in [0.25, 0.3) is 0 Å². The van der Waals surface area contributed by atoms with E-state index in [0.29, 0.717) is 6.54 Å². The molecule has 0 saturated carbocycles. The van der Waals surface area contributed by atoms with Gasteiger partial charge in [-0.1, -0.05) is 0 Å². The number of hydrogen-bond donors (Lipinski definition) is 1. The van der Waals surface area contributed by atoms with Crippen molar-refractivity contribution < 1.29 is 9.90 Å². The molecule has 0 radical (unpaired) electrons. The highest BCUT2D eigenvalue weighted by Crippen LogP contribution is 1.93. The van der Waals surface area contributed by atoms with E-state index in [-0.39, 0.29) is 12.5 Å². The Kier molecular flexibility index (Phi) is 7.42. The lowest BCUT2D eigenvalue weighted by Gasteiger charge is -2.22. The van der Waals surface area contributed by atoms with Crippen molar-refractivity contribution in [3.05, 3.63) is 0 Å². The van der Waals surface area contributed by atoms with Gasteiger partial charge in [-0.3, -0.25) is 9.69 Å². The summed E-state index contributed by atoms with van der Waals surface area (Å²) in [6, 6.07) is 0. The zero-order chi connectivity index (χ0) is 11.0. The van der Waals surface area contributed by atoms with Crippen LogP contribution in [0, 0.1) is 0 Å². The molecular weight excluding hydrogens is 180 g/mol. The first-order valence-electron chi connectivity index (χ1n) is 5.22. The number of carbonyl (C=O) groups is 1. The molecule has 0 aliphatic carbocycles. The Hall–Kier alpha value is -0.610. The van der Waals surface area contributed by atoms with Crippen molar-refractivity contribution in [1.82, 2.24) is 9.80 Å². The third-order valence-corrected chi connectivity index (χ3v) is 2.22. The number of hydrogen-bond acceptors (Lipinski definition) is 3. The summed E-state index contributed by atoms with van der Waals surface area (Å²) in [5.74, 6) is 0.162. The lowest BCUT2D eigenvalue weighted by molar-refractivity contribution is -0.131. The van der Waals surface area contributed by atoms with Crippen LogP contribution in [-0.2, 0) is 4.79 Å². The topological polar surface area (TPSA) is 43.8 Å². The van der Waals surface area contributed by atoms with Crippen LogP contribution in [-0.4, -0.2) is 60.6 Å². The van der Waals surface area contributed by atoms with Crippen molar-refractivity contribution >= 4 is 5.91 Å². The Balaban J connectivity index is 3.79. The van der Waals surface area contributed by atoms with Gasteiger partial charge in [0, 0.05) is 26.2 Å². The van der Waals surface area contributed by atoms with Crippen molar-refractivity contribution in [2.75, 3.05) is 39.8 Å². The molecule has 0 heterocycles. The molecule has 0 spiro atoms. The highest BCUT2D eigenvalue weighted by atomic mass is 16.3. The van der Waals surface area contributed by atoms with Crippen LogP contribution in [0.25, 0.3) is 0 Å². The Labute approximate surface area is 86.5 Å². The summed E-state index contributed by atoms with van der Waals surface area (Å²) in [6.45, 7) is 6.89. The van der Waals surface area contributed by atoms with E-state index < -0.39 is 0 Å². The van der Waals surface area contributed by atoms with Crippen molar-refractivity contribution in [1.29, 1.82) is 0 Å². The minimum Gasteiger partial charge on any atom is -0.396 e. The number of nitrogens with zero attached hydrogens (tertiary/aromatic N) is 2. The smallest absolute Gasteiger partial charge is 0.236 e. The van der Waals surface area contributed by atoms with Crippen molar-refractivity contribution in [3.8, 4) is 0 Å². The fourth-order valence-corrected chi connectivity index (χ4v) is 1.33. The molecule has 0 aromatic rings. The Bertz CT molecular complexity index is 158. The maximum absolute atomic E-state index is 11.6. The average Bonchev–Trinajstić information content (AvgIpc) is 2.16. The van der Waals surface area contributed by atoms with Gasteiger partial charge in [0.15, 0.2) is 0 Å². The Morgan fingerprint density at radius 1 is 1.29 bits per heavy atom. The van der Waals surface area contributed by atoms with Crippen LogP contribution in [0.15, 0.2) is 0 Å². The molecule has 0 unspecified atom stereocenters. The van der Waals surface area contributed by atoms with Gasteiger partial charge in [-0.2, -0.15) is 0 Å². The number of likely N-dealkylation sites (N-methyl/N-ethyl adjacent to an activating group) is 2. The first kappa shape index (κ1) is 13.4.